The molecule has 0 heterocycles. The van der Waals surface area contributed by atoms with Crippen LogP contribution in [0.1, 0.15) is 49.7 Å². The van der Waals surface area contributed by atoms with Crippen LogP contribution in [0.4, 0.5) is 4.79 Å². The molecule has 0 fully saturated rings. The zero-order valence-electron chi connectivity index (χ0n) is 15.4. The number of unbranched alkanes of at least 4 members (excludes halogenated alkanes) is 1. The van der Waals surface area contributed by atoms with Gasteiger partial charge < -0.3 is 20.0 Å². The summed E-state index contributed by atoms with van der Waals surface area (Å²) in [6.07, 6.45) is 1.57. The molecule has 2 aromatic rings. The standard InChI is InChI=1S/C22H25NO4/c1-2-3-8-15(13-21(24)25)23-22(26)27-14-20-18-11-6-4-9-16(18)17-10-5-7-12-19(17)20/h4-7,9-12,15,20H,2-3,8,13-14H2,1H3,(H,23,26)(H,24,25)/p-1/t15-/m0/s1. The third kappa shape index (κ3) is 4.48. The van der Waals surface area contributed by atoms with E-state index in [1.165, 1.54) is 11.1 Å². The van der Waals surface area contributed by atoms with Gasteiger partial charge >= 0.3 is 6.09 Å². The van der Waals surface area contributed by atoms with Gasteiger partial charge in [0.25, 0.3) is 0 Å². The number of hydrogen-bond donors (Lipinski definition) is 1. The van der Waals surface area contributed by atoms with E-state index in [0.29, 0.717) is 6.42 Å². The summed E-state index contributed by atoms with van der Waals surface area (Å²) in [4.78, 5) is 23.1. The maximum atomic E-state index is 12.2. The average molecular weight is 366 g/mol. The molecule has 0 saturated carbocycles. The van der Waals surface area contributed by atoms with E-state index in [-0.39, 0.29) is 18.9 Å². The van der Waals surface area contributed by atoms with Crippen LogP contribution in [0.2, 0.25) is 0 Å². The van der Waals surface area contributed by atoms with E-state index in [9.17, 15) is 14.7 Å². The van der Waals surface area contributed by atoms with Gasteiger partial charge in [-0.15, -0.1) is 0 Å². The molecule has 0 radical (unpaired) electrons. The molecule has 27 heavy (non-hydrogen) atoms. The molecule has 0 spiro atoms. The van der Waals surface area contributed by atoms with Crippen LogP contribution < -0.4 is 10.4 Å². The van der Waals surface area contributed by atoms with Crippen LogP contribution in [0.5, 0.6) is 0 Å². The summed E-state index contributed by atoms with van der Waals surface area (Å²) in [7, 11) is 0. The van der Waals surface area contributed by atoms with E-state index in [0.717, 1.165) is 24.0 Å². The Morgan fingerprint density at radius 3 is 2.22 bits per heavy atom. The lowest BCUT2D eigenvalue weighted by atomic mass is 9.98. The highest BCUT2D eigenvalue weighted by atomic mass is 16.5. The first-order chi connectivity index (χ1) is 13.1. The van der Waals surface area contributed by atoms with Crippen molar-refractivity contribution in [2.75, 3.05) is 6.61 Å². The predicted octanol–water partition coefficient (Wildman–Crippen LogP) is 3.22. The molecule has 1 amide bonds. The Morgan fingerprint density at radius 2 is 1.67 bits per heavy atom. The predicted molar refractivity (Wildman–Crippen MR) is 101 cm³/mol. The normalized spacial score (nSPS) is 13.5. The number of aliphatic carboxylic acids is 1. The molecule has 0 bridgehead atoms. The number of amides is 1. The summed E-state index contributed by atoms with van der Waals surface area (Å²) in [5.41, 5.74) is 4.62. The number of hydrogen-bond acceptors (Lipinski definition) is 4. The SMILES string of the molecule is CCCC[C@@H](CC(=O)[O-])NC(=O)OCC1c2ccccc2-c2ccccc21. The maximum absolute atomic E-state index is 12.2. The smallest absolute Gasteiger partial charge is 0.407 e. The van der Waals surface area contributed by atoms with Crippen molar-refractivity contribution >= 4 is 12.1 Å². The average Bonchev–Trinajstić information content (AvgIpc) is 2.98. The van der Waals surface area contributed by atoms with Crippen LogP contribution in [0.15, 0.2) is 48.5 Å². The Hall–Kier alpha value is -2.82. The topological polar surface area (TPSA) is 78.5 Å². The molecule has 142 valence electrons. The number of fused-ring (bicyclic) bond motifs is 3. The Labute approximate surface area is 159 Å². The monoisotopic (exact) mass is 366 g/mol. The molecule has 0 saturated heterocycles. The van der Waals surface area contributed by atoms with E-state index in [2.05, 4.69) is 29.6 Å². The molecular weight excluding hydrogens is 342 g/mol. The van der Waals surface area contributed by atoms with E-state index in [4.69, 9.17) is 4.74 Å². The molecule has 1 aliphatic rings. The molecule has 1 aliphatic carbocycles. The number of rotatable bonds is 8. The van der Waals surface area contributed by atoms with E-state index in [1.54, 1.807) is 0 Å². The van der Waals surface area contributed by atoms with Crippen LogP contribution in [0.25, 0.3) is 11.1 Å². The van der Waals surface area contributed by atoms with Crippen molar-refractivity contribution < 1.29 is 19.4 Å². The van der Waals surface area contributed by atoms with Crippen molar-refractivity contribution in [2.45, 2.75) is 44.6 Å². The lowest BCUT2D eigenvalue weighted by Crippen LogP contribution is -2.40. The van der Waals surface area contributed by atoms with Crippen LogP contribution in [0, 0.1) is 0 Å². The van der Waals surface area contributed by atoms with E-state index >= 15 is 0 Å². The minimum Gasteiger partial charge on any atom is -0.550 e. The van der Waals surface area contributed by atoms with Crippen LogP contribution in [-0.2, 0) is 9.53 Å². The Balaban J connectivity index is 1.65. The van der Waals surface area contributed by atoms with Gasteiger partial charge in [0.05, 0.1) is 0 Å². The summed E-state index contributed by atoms with van der Waals surface area (Å²) >= 11 is 0. The largest absolute Gasteiger partial charge is 0.550 e. The number of carbonyl (C=O) groups excluding carboxylic acids is 2. The minimum absolute atomic E-state index is 0.0154. The van der Waals surface area contributed by atoms with Gasteiger partial charge in [-0.1, -0.05) is 68.3 Å². The van der Waals surface area contributed by atoms with Crippen LogP contribution in [0.3, 0.4) is 0 Å². The first-order valence-electron chi connectivity index (χ1n) is 9.41. The summed E-state index contributed by atoms with van der Waals surface area (Å²) < 4.78 is 5.47. The number of nitrogens with one attached hydrogen (secondary N) is 1. The molecule has 1 atom stereocenters. The highest BCUT2D eigenvalue weighted by Gasteiger charge is 2.29. The molecule has 0 aromatic heterocycles. The van der Waals surface area contributed by atoms with Gasteiger partial charge in [-0.3, -0.25) is 0 Å². The Morgan fingerprint density at radius 1 is 1.07 bits per heavy atom. The molecule has 1 N–H and O–H groups in total. The molecule has 0 aliphatic heterocycles. The second kappa shape index (κ2) is 8.71. The Kier molecular flexibility index (Phi) is 6.12. The number of alkyl carbamates (subject to hydrolysis) is 1. The quantitative estimate of drug-likeness (QED) is 0.778. The van der Waals surface area contributed by atoms with Crippen molar-refractivity contribution in [3.8, 4) is 11.1 Å². The van der Waals surface area contributed by atoms with Gasteiger partial charge in [0, 0.05) is 24.3 Å². The fourth-order valence-electron chi connectivity index (χ4n) is 3.68. The van der Waals surface area contributed by atoms with Crippen molar-refractivity contribution in [3.05, 3.63) is 59.7 Å². The Bertz CT molecular complexity index is 772. The van der Waals surface area contributed by atoms with Gasteiger partial charge in [-0.25, -0.2) is 4.79 Å². The number of carboxylic acids is 1. The minimum atomic E-state index is -1.17. The second-order valence-corrected chi connectivity index (χ2v) is 6.89. The zero-order chi connectivity index (χ0) is 19.2. The number of carboxylic acid groups (broad SMARTS) is 1. The fourth-order valence-corrected chi connectivity index (χ4v) is 3.68. The van der Waals surface area contributed by atoms with Crippen molar-refractivity contribution in [2.24, 2.45) is 0 Å². The summed E-state index contributed by atoms with van der Waals surface area (Å²) in [5, 5.41) is 13.6. The first-order valence-corrected chi connectivity index (χ1v) is 9.41. The molecule has 5 heteroatoms. The van der Waals surface area contributed by atoms with Crippen molar-refractivity contribution in [1.29, 1.82) is 0 Å². The number of carbonyl (C=O) groups is 2. The lowest BCUT2D eigenvalue weighted by Gasteiger charge is -2.20. The third-order valence-corrected chi connectivity index (χ3v) is 4.98. The van der Waals surface area contributed by atoms with Gasteiger partial charge in [0.2, 0.25) is 0 Å². The van der Waals surface area contributed by atoms with Crippen LogP contribution >= 0.6 is 0 Å². The summed E-state index contributed by atoms with van der Waals surface area (Å²) in [5.74, 6) is -1.19. The molecule has 5 nitrogen and oxygen atoms in total. The molecule has 2 aromatic carbocycles. The maximum Gasteiger partial charge on any atom is 0.407 e. The molecule has 3 rings (SSSR count). The number of ether oxygens (including phenoxy) is 1. The fraction of sp³-hybridized carbons (Fsp3) is 0.364. The van der Waals surface area contributed by atoms with Gasteiger partial charge in [-0.05, 0) is 28.7 Å². The summed E-state index contributed by atoms with van der Waals surface area (Å²) in [6.45, 7) is 2.23. The van der Waals surface area contributed by atoms with Crippen LogP contribution in [-0.4, -0.2) is 24.7 Å². The number of benzene rings is 2. The van der Waals surface area contributed by atoms with Crippen molar-refractivity contribution in [1.82, 2.24) is 5.32 Å². The lowest BCUT2D eigenvalue weighted by molar-refractivity contribution is -0.306. The van der Waals surface area contributed by atoms with Gasteiger partial charge in [0.15, 0.2) is 0 Å². The van der Waals surface area contributed by atoms with Gasteiger partial charge in [-0.2, -0.15) is 0 Å². The zero-order valence-corrected chi connectivity index (χ0v) is 15.4. The highest BCUT2D eigenvalue weighted by molar-refractivity contribution is 5.79. The van der Waals surface area contributed by atoms with E-state index in [1.807, 2.05) is 31.2 Å². The van der Waals surface area contributed by atoms with E-state index < -0.39 is 18.1 Å². The molecular formula is C22H24NO4-. The highest BCUT2D eigenvalue weighted by Crippen LogP contribution is 2.44. The van der Waals surface area contributed by atoms with Gasteiger partial charge in [0.1, 0.15) is 6.61 Å². The third-order valence-electron chi connectivity index (χ3n) is 4.98. The first kappa shape index (κ1) is 19.0. The molecule has 0 unspecified atom stereocenters. The van der Waals surface area contributed by atoms with Crippen molar-refractivity contribution in [3.63, 3.8) is 0 Å². The second-order valence-electron chi connectivity index (χ2n) is 6.89. The summed E-state index contributed by atoms with van der Waals surface area (Å²) in [6, 6.07) is 15.8.